The summed E-state index contributed by atoms with van der Waals surface area (Å²) in [4.78, 5) is 15.5. The van der Waals surface area contributed by atoms with Crippen LogP contribution in [0.15, 0.2) is 140 Å². The van der Waals surface area contributed by atoms with Crippen LogP contribution in [-0.2, 0) is 0 Å². The van der Waals surface area contributed by atoms with E-state index in [2.05, 4.69) is 133 Å². The first-order valence-electron chi connectivity index (χ1n) is 14.5. The van der Waals surface area contributed by atoms with Crippen molar-refractivity contribution in [2.75, 3.05) is 0 Å². The number of rotatable bonds is 4. The Kier molecular flexibility index (Phi) is 5.86. The van der Waals surface area contributed by atoms with E-state index >= 15 is 0 Å². The second-order valence-electron chi connectivity index (χ2n) is 10.8. The lowest BCUT2D eigenvalue weighted by Crippen LogP contribution is -2.00. The molecule has 5 heteroatoms. The van der Waals surface area contributed by atoms with Gasteiger partial charge in [0, 0.05) is 57.0 Å². The van der Waals surface area contributed by atoms with Crippen LogP contribution in [0.2, 0.25) is 0 Å². The first-order chi connectivity index (χ1) is 21.8. The Morgan fingerprint density at radius 1 is 0.341 bits per heavy atom. The zero-order chi connectivity index (χ0) is 29.0. The van der Waals surface area contributed by atoms with E-state index in [1.54, 1.807) is 22.7 Å². The molecule has 0 spiro atoms. The van der Waals surface area contributed by atoms with Gasteiger partial charge >= 0.3 is 0 Å². The molecule has 0 radical (unpaired) electrons. The number of hydrogen-bond donors (Lipinski definition) is 0. The Hall–Kier alpha value is -5.23. The lowest BCUT2D eigenvalue weighted by Gasteiger charge is -2.11. The normalized spacial score (nSPS) is 11.6. The molecule has 44 heavy (non-hydrogen) atoms. The van der Waals surface area contributed by atoms with E-state index in [9.17, 15) is 0 Å². The van der Waals surface area contributed by atoms with E-state index in [1.807, 2.05) is 6.07 Å². The Labute approximate surface area is 261 Å². The molecular formula is C39H23N3S2. The summed E-state index contributed by atoms with van der Waals surface area (Å²) in [5.74, 6) is 2.04. The fraction of sp³-hybridized carbons (Fsp3) is 0. The predicted octanol–water partition coefficient (Wildman–Crippen LogP) is 11.3. The molecule has 9 rings (SSSR count). The largest absolute Gasteiger partial charge is 0.208 e. The average Bonchev–Trinajstić information content (AvgIpc) is 3.67. The third-order valence-corrected chi connectivity index (χ3v) is 10.5. The van der Waals surface area contributed by atoms with Gasteiger partial charge in [-0.1, -0.05) is 115 Å². The minimum absolute atomic E-state index is 0.666. The molecule has 0 fully saturated rings. The molecule has 0 saturated heterocycles. The van der Waals surface area contributed by atoms with Crippen molar-refractivity contribution in [3.05, 3.63) is 140 Å². The summed E-state index contributed by atoms with van der Waals surface area (Å²) < 4.78 is 4.94. The van der Waals surface area contributed by atoms with Crippen LogP contribution >= 0.6 is 22.7 Å². The van der Waals surface area contributed by atoms with Gasteiger partial charge < -0.3 is 0 Å². The maximum atomic E-state index is 5.21. The third-order valence-electron chi connectivity index (χ3n) is 8.17. The van der Waals surface area contributed by atoms with Gasteiger partial charge in [-0.05, 0) is 35.4 Å². The molecule has 0 aliphatic heterocycles. The van der Waals surface area contributed by atoms with Crippen molar-refractivity contribution < 1.29 is 0 Å². The Morgan fingerprint density at radius 3 is 1.70 bits per heavy atom. The van der Waals surface area contributed by atoms with E-state index in [1.165, 1.54) is 45.9 Å². The van der Waals surface area contributed by atoms with Gasteiger partial charge in [-0.2, -0.15) is 0 Å². The molecule has 3 aromatic heterocycles. The van der Waals surface area contributed by atoms with Crippen molar-refractivity contribution >= 4 is 63.0 Å². The van der Waals surface area contributed by atoms with E-state index in [0.29, 0.717) is 17.5 Å². The molecule has 9 aromatic rings. The molecule has 0 bridgehead atoms. The fourth-order valence-corrected chi connectivity index (χ4v) is 8.42. The second-order valence-corrected chi connectivity index (χ2v) is 12.9. The summed E-state index contributed by atoms with van der Waals surface area (Å²) in [7, 11) is 0. The smallest absolute Gasteiger partial charge is 0.165 e. The van der Waals surface area contributed by atoms with Crippen LogP contribution in [0.1, 0.15) is 0 Å². The number of aromatic nitrogens is 3. The maximum absolute atomic E-state index is 5.21. The van der Waals surface area contributed by atoms with Crippen LogP contribution < -0.4 is 0 Å². The lowest BCUT2D eigenvalue weighted by molar-refractivity contribution is 1.08. The summed E-state index contributed by atoms with van der Waals surface area (Å²) in [6.45, 7) is 0. The first kappa shape index (κ1) is 25.3. The monoisotopic (exact) mass is 597 g/mol. The molecular weight excluding hydrogens is 575 g/mol. The predicted molar refractivity (Wildman–Crippen MR) is 187 cm³/mol. The zero-order valence-corrected chi connectivity index (χ0v) is 25.1. The standard InChI is InChI=1S/C39H23N3S2/c1-2-10-24(11-3-1)25-20-22-26(23-21-25)37-40-38(30-15-9-19-34-35(30)29-13-5-7-18-33(29)43-34)42-39(41-37)31-16-8-14-28-27-12-4-6-17-32(27)44-36(28)31/h1-23H. The van der Waals surface area contributed by atoms with Crippen molar-refractivity contribution in [1.82, 2.24) is 15.0 Å². The zero-order valence-electron chi connectivity index (χ0n) is 23.4. The van der Waals surface area contributed by atoms with Crippen molar-refractivity contribution in [2.45, 2.75) is 0 Å². The highest BCUT2D eigenvalue weighted by Crippen LogP contribution is 2.42. The third kappa shape index (κ3) is 4.13. The van der Waals surface area contributed by atoms with E-state index in [-0.39, 0.29) is 0 Å². The molecule has 6 aromatic carbocycles. The van der Waals surface area contributed by atoms with Crippen LogP contribution in [0.3, 0.4) is 0 Å². The molecule has 0 saturated carbocycles. The van der Waals surface area contributed by atoms with Gasteiger partial charge in [0.25, 0.3) is 0 Å². The number of nitrogens with zero attached hydrogens (tertiary/aromatic N) is 3. The molecule has 0 amide bonds. The number of fused-ring (bicyclic) bond motifs is 6. The molecule has 0 aliphatic rings. The van der Waals surface area contributed by atoms with Crippen molar-refractivity contribution in [3.8, 4) is 45.3 Å². The van der Waals surface area contributed by atoms with Gasteiger partial charge in [-0.3, -0.25) is 0 Å². The summed E-state index contributed by atoms with van der Waals surface area (Å²) in [6.07, 6.45) is 0. The SMILES string of the molecule is c1ccc(-c2ccc(-c3nc(-c4cccc5c4sc4ccccc45)nc(-c4cccc5sc6ccccc6c45)n3)cc2)cc1. The minimum atomic E-state index is 0.666. The van der Waals surface area contributed by atoms with Gasteiger partial charge in [0.1, 0.15) is 0 Å². The molecule has 0 atom stereocenters. The molecule has 0 N–H and O–H groups in total. The quantitative estimate of drug-likeness (QED) is 0.203. The van der Waals surface area contributed by atoms with Crippen molar-refractivity contribution in [3.63, 3.8) is 0 Å². The highest BCUT2D eigenvalue weighted by Gasteiger charge is 2.19. The summed E-state index contributed by atoms with van der Waals surface area (Å²) >= 11 is 3.60. The van der Waals surface area contributed by atoms with Crippen molar-refractivity contribution in [1.29, 1.82) is 0 Å². The minimum Gasteiger partial charge on any atom is -0.208 e. The number of thiophene rings is 2. The molecule has 206 valence electrons. The summed E-state index contributed by atoms with van der Waals surface area (Å²) in [6, 6.07) is 49.0. The lowest BCUT2D eigenvalue weighted by atomic mass is 10.0. The first-order valence-corrected chi connectivity index (χ1v) is 16.2. The van der Waals surface area contributed by atoms with Crippen LogP contribution in [0.5, 0.6) is 0 Å². The van der Waals surface area contributed by atoms with Gasteiger partial charge in [0.15, 0.2) is 17.5 Å². The molecule has 3 nitrogen and oxygen atoms in total. The van der Waals surface area contributed by atoms with Gasteiger partial charge in [0.2, 0.25) is 0 Å². The highest BCUT2D eigenvalue weighted by atomic mass is 32.1. The molecule has 3 heterocycles. The van der Waals surface area contributed by atoms with Gasteiger partial charge in [-0.15, -0.1) is 22.7 Å². The van der Waals surface area contributed by atoms with E-state index < -0.39 is 0 Å². The highest BCUT2D eigenvalue weighted by molar-refractivity contribution is 7.26. The Bertz CT molecular complexity index is 2490. The van der Waals surface area contributed by atoms with Gasteiger partial charge in [-0.25, -0.2) is 15.0 Å². The maximum Gasteiger partial charge on any atom is 0.165 e. The summed E-state index contributed by atoms with van der Waals surface area (Å²) in [5.41, 5.74) is 5.35. The van der Waals surface area contributed by atoms with Gasteiger partial charge in [0.05, 0.1) is 0 Å². The van der Waals surface area contributed by atoms with Crippen LogP contribution in [0.25, 0.3) is 85.6 Å². The van der Waals surface area contributed by atoms with Crippen molar-refractivity contribution in [2.24, 2.45) is 0 Å². The van der Waals surface area contributed by atoms with Crippen LogP contribution in [0, 0.1) is 0 Å². The topological polar surface area (TPSA) is 38.7 Å². The summed E-state index contributed by atoms with van der Waals surface area (Å²) in [5, 5.41) is 4.90. The number of benzene rings is 6. The fourth-order valence-electron chi connectivity index (χ4n) is 6.07. The van der Waals surface area contributed by atoms with Crippen LogP contribution in [0.4, 0.5) is 0 Å². The second kappa shape index (κ2) is 10.2. The average molecular weight is 598 g/mol. The molecule has 0 aliphatic carbocycles. The van der Waals surface area contributed by atoms with E-state index in [0.717, 1.165) is 22.3 Å². The Balaban J connectivity index is 1.29. The Morgan fingerprint density at radius 2 is 0.886 bits per heavy atom. The van der Waals surface area contributed by atoms with E-state index in [4.69, 9.17) is 15.0 Å². The molecule has 0 unspecified atom stereocenters. The number of hydrogen-bond acceptors (Lipinski definition) is 5. The van der Waals surface area contributed by atoms with Crippen LogP contribution in [-0.4, -0.2) is 15.0 Å².